The lowest BCUT2D eigenvalue weighted by Gasteiger charge is -2.27. The minimum absolute atomic E-state index is 0.0159. The maximum Gasteiger partial charge on any atom is 0.254 e. The van der Waals surface area contributed by atoms with Crippen LogP contribution in [-0.4, -0.2) is 55.6 Å². The number of nitrogens with zero attached hydrogens (tertiary/aromatic N) is 2. The molecule has 8 heteroatoms. The third-order valence-electron chi connectivity index (χ3n) is 6.15. The summed E-state index contributed by atoms with van der Waals surface area (Å²) in [5, 5.41) is 2.62. The summed E-state index contributed by atoms with van der Waals surface area (Å²) in [6, 6.07) is 12.4. The SMILES string of the molecule is Cc1ccc(C2CCCN2C(=O)c2cccc(S(=O)(=O)N3CCNC(=O)C3)c2)cc1C. The van der Waals surface area contributed by atoms with E-state index in [0.29, 0.717) is 12.1 Å². The summed E-state index contributed by atoms with van der Waals surface area (Å²) in [5.74, 6) is -0.496. The van der Waals surface area contributed by atoms with Gasteiger partial charge in [-0.1, -0.05) is 24.3 Å². The highest BCUT2D eigenvalue weighted by Gasteiger charge is 2.33. The number of carbonyl (C=O) groups is 2. The minimum atomic E-state index is -3.85. The van der Waals surface area contributed by atoms with Crippen LogP contribution in [0.4, 0.5) is 0 Å². The third kappa shape index (κ3) is 4.22. The maximum atomic E-state index is 13.3. The standard InChI is InChI=1S/C23H27N3O4S/c1-16-8-9-18(13-17(16)2)21-7-4-11-26(21)23(28)19-5-3-6-20(14-19)31(29,30)25-12-10-24-22(27)15-25/h3,5-6,8-9,13-14,21H,4,7,10-12,15H2,1-2H3,(H,24,27). The first-order chi connectivity index (χ1) is 14.8. The topological polar surface area (TPSA) is 86.8 Å². The molecule has 0 aliphatic carbocycles. The Balaban J connectivity index is 1.60. The van der Waals surface area contributed by atoms with Crippen LogP contribution in [0.5, 0.6) is 0 Å². The quantitative estimate of drug-likeness (QED) is 0.789. The molecule has 1 unspecified atom stereocenters. The molecule has 2 aliphatic rings. The number of piperazine rings is 1. The Labute approximate surface area is 183 Å². The Morgan fingerprint density at radius 3 is 2.61 bits per heavy atom. The molecule has 0 bridgehead atoms. The molecule has 0 saturated carbocycles. The van der Waals surface area contributed by atoms with Crippen LogP contribution in [0.15, 0.2) is 47.4 Å². The van der Waals surface area contributed by atoms with Gasteiger partial charge in [0.15, 0.2) is 0 Å². The number of hydrogen-bond acceptors (Lipinski definition) is 4. The van der Waals surface area contributed by atoms with Gasteiger partial charge in [-0.15, -0.1) is 0 Å². The van der Waals surface area contributed by atoms with Crippen LogP contribution < -0.4 is 5.32 Å². The number of amides is 2. The molecule has 1 N–H and O–H groups in total. The summed E-state index contributed by atoms with van der Waals surface area (Å²) in [7, 11) is -3.85. The molecule has 0 aromatic heterocycles. The summed E-state index contributed by atoms with van der Waals surface area (Å²) >= 11 is 0. The van der Waals surface area contributed by atoms with Crippen molar-refractivity contribution in [3.05, 3.63) is 64.7 Å². The van der Waals surface area contributed by atoms with E-state index in [1.54, 1.807) is 12.1 Å². The number of nitrogens with one attached hydrogen (secondary N) is 1. The van der Waals surface area contributed by atoms with Crippen molar-refractivity contribution in [1.29, 1.82) is 0 Å². The van der Waals surface area contributed by atoms with Crippen molar-refractivity contribution in [3.8, 4) is 0 Å². The van der Waals surface area contributed by atoms with E-state index in [4.69, 9.17) is 0 Å². The molecule has 2 aromatic carbocycles. The van der Waals surface area contributed by atoms with Crippen molar-refractivity contribution in [3.63, 3.8) is 0 Å². The Kier molecular flexibility index (Phi) is 5.85. The summed E-state index contributed by atoms with van der Waals surface area (Å²) in [4.78, 5) is 26.9. The lowest BCUT2D eigenvalue weighted by atomic mass is 9.99. The van der Waals surface area contributed by atoms with Crippen LogP contribution in [0.25, 0.3) is 0 Å². The van der Waals surface area contributed by atoms with Crippen LogP contribution in [0.2, 0.25) is 0 Å². The van der Waals surface area contributed by atoms with Gasteiger partial charge in [0.25, 0.3) is 5.91 Å². The molecule has 2 aromatic rings. The normalized spacial score (nSPS) is 20.0. The molecule has 164 valence electrons. The van der Waals surface area contributed by atoms with Gasteiger partial charge in [-0.05, 0) is 61.6 Å². The number of hydrogen-bond donors (Lipinski definition) is 1. The highest BCUT2D eigenvalue weighted by molar-refractivity contribution is 7.89. The second kappa shape index (κ2) is 8.43. The van der Waals surface area contributed by atoms with E-state index in [9.17, 15) is 18.0 Å². The zero-order chi connectivity index (χ0) is 22.2. The van der Waals surface area contributed by atoms with E-state index < -0.39 is 10.0 Å². The van der Waals surface area contributed by atoms with Gasteiger partial charge in [-0.3, -0.25) is 9.59 Å². The molecule has 2 aliphatic heterocycles. The zero-order valence-corrected chi connectivity index (χ0v) is 18.6. The highest BCUT2D eigenvalue weighted by atomic mass is 32.2. The van der Waals surface area contributed by atoms with Gasteiger partial charge in [-0.2, -0.15) is 4.31 Å². The summed E-state index contributed by atoms with van der Waals surface area (Å²) in [6.45, 7) is 5.06. The molecule has 2 heterocycles. The molecule has 2 amide bonds. The first kappa shape index (κ1) is 21.5. The zero-order valence-electron chi connectivity index (χ0n) is 17.8. The van der Waals surface area contributed by atoms with Crippen LogP contribution >= 0.6 is 0 Å². The molecule has 4 rings (SSSR count). The average molecular weight is 442 g/mol. The predicted molar refractivity (Wildman–Crippen MR) is 117 cm³/mol. The average Bonchev–Trinajstić information content (AvgIpc) is 3.25. The van der Waals surface area contributed by atoms with Gasteiger partial charge in [0.1, 0.15) is 0 Å². The fourth-order valence-electron chi connectivity index (χ4n) is 4.25. The second-order valence-corrected chi connectivity index (χ2v) is 10.2. The van der Waals surface area contributed by atoms with Crippen molar-refractivity contribution >= 4 is 21.8 Å². The Bertz CT molecular complexity index is 1130. The highest BCUT2D eigenvalue weighted by Crippen LogP contribution is 2.34. The first-order valence-corrected chi connectivity index (χ1v) is 12.0. The number of likely N-dealkylation sites (tertiary alicyclic amines) is 1. The van der Waals surface area contributed by atoms with Crippen LogP contribution in [0.3, 0.4) is 0 Å². The summed E-state index contributed by atoms with van der Waals surface area (Å²) < 4.78 is 27.2. The second-order valence-electron chi connectivity index (χ2n) is 8.22. The van der Waals surface area contributed by atoms with Crippen LogP contribution in [0, 0.1) is 13.8 Å². The minimum Gasteiger partial charge on any atom is -0.354 e. The molecular formula is C23H27N3O4S. The van der Waals surface area contributed by atoms with Gasteiger partial charge in [0, 0.05) is 25.2 Å². The number of carbonyl (C=O) groups excluding carboxylic acids is 2. The summed E-state index contributed by atoms with van der Waals surface area (Å²) in [5.41, 5.74) is 3.86. The molecule has 0 spiro atoms. The number of sulfonamides is 1. The predicted octanol–water partition coefficient (Wildman–Crippen LogP) is 2.40. The first-order valence-electron chi connectivity index (χ1n) is 10.5. The Morgan fingerprint density at radius 1 is 1.06 bits per heavy atom. The Morgan fingerprint density at radius 2 is 1.87 bits per heavy atom. The smallest absolute Gasteiger partial charge is 0.254 e. The molecular weight excluding hydrogens is 414 g/mol. The van der Waals surface area contributed by atoms with Gasteiger partial charge in [0.05, 0.1) is 17.5 Å². The van der Waals surface area contributed by atoms with Crippen molar-refractivity contribution in [2.45, 2.75) is 37.6 Å². The largest absolute Gasteiger partial charge is 0.354 e. The van der Waals surface area contributed by atoms with E-state index in [1.165, 1.54) is 23.3 Å². The molecule has 2 saturated heterocycles. The molecule has 2 fully saturated rings. The van der Waals surface area contributed by atoms with Crippen molar-refractivity contribution in [1.82, 2.24) is 14.5 Å². The molecule has 31 heavy (non-hydrogen) atoms. The van der Waals surface area contributed by atoms with Crippen molar-refractivity contribution < 1.29 is 18.0 Å². The van der Waals surface area contributed by atoms with E-state index in [2.05, 4.69) is 37.4 Å². The van der Waals surface area contributed by atoms with Crippen LogP contribution in [0.1, 0.15) is 45.9 Å². The van der Waals surface area contributed by atoms with Crippen molar-refractivity contribution in [2.75, 3.05) is 26.2 Å². The third-order valence-corrected chi connectivity index (χ3v) is 7.99. The fourth-order valence-corrected chi connectivity index (χ4v) is 5.70. The summed E-state index contributed by atoms with van der Waals surface area (Å²) in [6.07, 6.45) is 1.79. The molecule has 0 radical (unpaired) electrons. The number of aryl methyl sites for hydroxylation is 2. The number of benzene rings is 2. The van der Waals surface area contributed by atoms with E-state index in [-0.39, 0.29) is 42.4 Å². The van der Waals surface area contributed by atoms with E-state index in [1.807, 2.05) is 4.90 Å². The number of rotatable bonds is 4. The monoisotopic (exact) mass is 441 g/mol. The molecule has 7 nitrogen and oxygen atoms in total. The Hall–Kier alpha value is -2.71. The van der Waals surface area contributed by atoms with Crippen LogP contribution in [-0.2, 0) is 14.8 Å². The van der Waals surface area contributed by atoms with E-state index in [0.717, 1.165) is 22.7 Å². The lowest BCUT2D eigenvalue weighted by Crippen LogP contribution is -2.49. The van der Waals surface area contributed by atoms with Gasteiger partial charge < -0.3 is 10.2 Å². The molecule has 1 atom stereocenters. The van der Waals surface area contributed by atoms with E-state index >= 15 is 0 Å². The maximum absolute atomic E-state index is 13.3. The lowest BCUT2D eigenvalue weighted by molar-refractivity contribution is -0.122. The van der Waals surface area contributed by atoms with Gasteiger partial charge in [0.2, 0.25) is 15.9 Å². The fraction of sp³-hybridized carbons (Fsp3) is 0.391. The van der Waals surface area contributed by atoms with Gasteiger partial charge in [-0.25, -0.2) is 8.42 Å². The van der Waals surface area contributed by atoms with Gasteiger partial charge >= 0.3 is 0 Å². The van der Waals surface area contributed by atoms with Crippen molar-refractivity contribution in [2.24, 2.45) is 0 Å².